The van der Waals surface area contributed by atoms with Crippen LogP contribution in [-0.4, -0.2) is 16.6 Å². The van der Waals surface area contributed by atoms with Gasteiger partial charge in [0.05, 0.1) is 5.56 Å². The Morgan fingerprint density at radius 2 is 2.00 bits per heavy atom. The van der Waals surface area contributed by atoms with E-state index in [9.17, 15) is 4.79 Å². The first-order chi connectivity index (χ1) is 10.8. The van der Waals surface area contributed by atoms with Gasteiger partial charge in [-0.05, 0) is 55.7 Å². The molecule has 0 bridgehead atoms. The highest BCUT2D eigenvalue weighted by atomic mass is 35.5. The smallest absolute Gasteiger partial charge is 0.274 e. The van der Waals surface area contributed by atoms with Crippen LogP contribution in [0.15, 0.2) is 24.3 Å². The van der Waals surface area contributed by atoms with Gasteiger partial charge in [-0.1, -0.05) is 17.7 Å². The lowest BCUT2D eigenvalue weighted by Crippen LogP contribution is -2.16. The number of rotatable bonds is 3. The molecule has 0 atom stereocenters. The summed E-state index contributed by atoms with van der Waals surface area (Å²) in [6.07, 6.45) is 0. The number of halogens is 1. The molecule has 0 saturated carbocycles. The van der Waals surface area contributed by atoms with E-state index in [0.717, 1.165) is 11.1 Å². The lowest BCUT2D eigenvalue weighted by atomic mass is 10.0. The Bertz CT molecular complexity index is 852. The quantitative estimate of drug-likeness (QED) is 0.662. The lowest BCUT2D eigenvalue weighted by Gasteiger charge is -2.11. The van der Waals surface area contributed by atoms with Crippen molar-refractivity contribution in [3.8, 4) is 6.07 Å². The number of nitrogens with one attached hydrogen (secondary N) is 2. The third kappa shape index (κ3) is 3.55. The van der Waals surface area contributed by atoms with Crippen LogP contribution in [0.5, 0.6) is 0 Å². The maximum Gasteiger partial charge on any atom is 0.274 e. The Morgan fingerprint density at radius 3 is 2.61 bits per heavy atom. The number of carbonyl (C=O) groups is 1. The van der Waals surface area contributed by atoms with Crippen LogP contribution in [0.2, 0.25) is 5.15 Å². The number of hydrogen-bond donors (Lipinski definition) is 2. The first kappa shape index (κ1) is 16.7. The molecule has 0 fully saturated rings. The number of anilines is 1. The van der Waals surface area contributed by atoms with Crippen molar-refractivity contribution in [2.75, 3.05) is 5.32 Å². The zero-order valence-electron chi connectivity index (χ0n) is 13.0. The van der Waals surface area contributed by atoms with Gasteiger partial charge in [-0.25, -0.2) is 4.98 Å². The molecule has 6 heteroatoms. The highest BCUT2D eigenvalue weighted by Gasteiger charge is 2.15. The molecule has 1 aromatic carbocycles. The van der Waals surface area contributed by atoms with E-state index < -0.39 is 5.91 Å². The summed E-state index contributed by atoms with van der Waals surface area (Å²) in [6, 6.07) is 8.82. The van der Waals surface area contributed by atoms with Gasteiger partial charge in [0.1, 0.15) is 16.9 Å². The number of aryl methyl sites for hydroxylation is 2. The van der Waals surface area contributed by atoms with Crippen LogP contribution in [-0.2, 0) is 0 Å². The fourth-order valence-electron chi connectivity index (χ4n) is 2.19. The molecule has 2 N–H and O–H groups in total. The topological polar surface area (TPSA) is 89.6 Å². The van der Waals surface area contributed by atoms with Crippen molar-refractivity contribution in [3.05, 3.63) is 57.4 Å². The second kappa shape index (κ2) is 6.59. The van der Waals surface area contributed by atoms with E-state index in [1.807, 2.05) is 19.1 Å². The molecule has 0 aliphatic carbocycles. The van der Waals surface area contributed by atoms with Gasteiger partial charge in [-0.15, -0.1) is 0 Å². The minimum absolute atomic E-state index is 0.00295. The van der Waals surface area contributed by atoms with Crippen LogP contribution in [0, 0.1) is 30.6 Å². The number of hydrogen-bond acceptors (Lipinski definition) is 4. The number of carbonyl (C=O) groups excluding carboxylic acids is 1. The van der Waals surface area contributed by atoms with Gasteiger partial charge >= 0.3 is 0 Å². The molecule has 1 aromatic heterocycles. The van der Waals surface area contributed by atoms with Crippen LogP contribution in [0.1, 0.15) is 39.7 Å². The number of aromatic nitrogens is 1. The van der Waals surface area contributed by atoms with E-state index in [0.29, 0.717) is 17.0 Å². The van der Waals surface area contributed by atoms with Crippen LogP contribution in [0.25, 0.3) is 0 Å². The van der Waals surface area contributed by atoms with Gasteiger partial charge in [0.2, 0.25) is 0 Å². The minimum atomic E-state index is -0.411. The fraction of sp³-hybridized carbons (Fsp3) is 0.176. The van der Waals surface area contributed by atoms with Gasteiger partial charge in [0.15, 0.2) is 0 Å². The number of benzene rings is 1. The van der Waals surface area contributed by atoms with Crippen molar-refractivity contribution in [2.45, 2.75) is 20.8 Å². The maximum absolute atomic E-state index is 12.4. The second-order valence-electron chi connectivity index (χ2n) is 5.21. The van der Waals surface area contributed by atoms with Gasteiger partial charge in [-0.2, -0.15) is 5.26 Å². The molecule has 1 amide bonds. The Labute approximate surface area is 139 Å². The minimum Gasteiger partial charge on any atom is -0.321 e. The van der Waals surface area contributed by atoms with Crippen LogP contribution < -0.4 is 5.32 Å². The van der Waals surface area contributed by atoms with Crippen LogP contribution in [0.4, 0.5) is 5.69 Å². The molecule has 0 aliphatic heterocycles. The number of nitrogens with zero attached hydrogens (tertiary/aromatic N) is 2. The van der Waals surface area contributed by atoms with E-state index in [4.69, 9.17) is 22.3 Å². The highest BCUT2D eigenvalue weighted by Crippen LogP contribution is 2.20. The summed E-state index contributed by atoms with van der Waals surface area (Å²) in [7, 11) is 0. The normalized spacial score (nSPS) is 10.0. The summed E-state index contributed by atoms with van der Waals surface area (Å²) in [5.41, 5.74) is 3.70. The van der Waals surface area contributed by atoms with Crippen molar-refractivity contribution in [1.82, 2.24) is 4.98 Å². The summed E-state index contributed by atoms with van der Waals surface area (Å²) >= 11 is 5.89. The molecule has 0 spiro atoms. The van der Waals surface area contributed by atoms with Gasteiger partial charge in [0.25, 0.3) is 5.91 Å². The third-order valence-electron chi connectivity index (χ3n) is 3.40. The molecule has 2 rings (SSSR count). The van der Waals surface area contributed by atoms with Crippen LogP contribution in [0.3, 0.4) is 0 Å². The molecule has 116 valence electrons. The second-order valence-corrected chi connectivity index (χ2v) is 5.57. The monoisotopic (exact) mass is 326 g/mol. The lowest BCUT2D eigenvalue weighted by molar-refractivity contribution is 0.102. The molecule has 5 nitrogen and oxygen atoms in total. The summed E-state index contributed by atoms with van der Waals surface area (Å²) < 4.78 is 0. The number of pyridine rings is 1. The molecular formula is C17H15ClN4O. The summed E-state index contributed by atoms with van der Waals surface area (Å²) in [6.45, 7) is 5.30. The first-order valence-electron chi connectivity index (χ1n) is 6.88. The molecule has 1 heterocycles. The standard InChI is InChI=1S/C17H15ClN4O/c1-9-4-5-13(7-14(9)11(3)20)21-17(23)15-10(2)6-12(8-19)16(18)22-15/h4-7,20H,1-3H3,(H,21,23). The average molecular weight is 327 g/mol. The van der Waals surface area contributed by atoms with E-state index in [-0.39, 0.29) is 16.4 Å². The van der Waals surface area contributed by atoms with Crippen molar-refractivity contribution in [1.29, 1.82) is 10.7 Å². The molecular weight excluding hydrogens is 312 g/mol. The Kier molecular flexibility index (Phi) is 4.77. The average Bonchev–Trinajstić information content (AvgIpc) is 2.50. The van der Waals surface area contributed by atoms with E-state index in [1.165, 1.54) is 6.07 Å². The molecule has 23 heavy (non-hydrogen) atoms. The first-order valence-corrected chi connectivity index (χ1v) is 7.26. The summed E-state index contributed by atoms with van der Waals surface area (Å²) in [5, 5.41) is 19.4. The SMILES string of the molecule is CC(=N)c1cc(NC(=O)c2nc(Cl)c(C#N)cc2C)ccc1C. The predicted molar refractivity (Wildman–Crippen MR) is 90.3 cm³/mol. The summed E-state index contributed by atoms with van der Waals surface area (Å²) in [5.74, 6) is -0.411. The van der Waals surface area contributed by atoms with E-state index >= 15 is 0 Å². The van der Waals surface area contributed by atoms with Gasteiger partial charge in [0, 0.05) is 11.4 Å². The predicted octanol–water partition coefficient (Wildman–Crippen LogP) is 3.86. The van der Waals surface area contributed by atoms with Crippen molar-refractivity contribution in [2.24, 2.45) is 0 Å². The van der Waals surface area contributed by atoms with Crippen molar-refractivity contribution >= 4 is 28.9 Å². The highest BCUT2D eigenvalue weighted by molar-refractivity contribution is 6.30. The Morgan fingerprint density at radius 1 is 1.30 bits per heavy atom. The summed E-state index contributed by atoms with van der Waals surface area (Å²) in [4.78, 5) is 16.4. The zero-order chi connectivity index (χ0) is 17.1. The Hall–Kier alpha value is -2.71. The van der Waals surface area contributed by atoms with Crippen molar-refractivity contribution < 1.29 is 4.79 Å². The number of amides is 1. The molecule has 0 aliphatic rings. The number of nitriles is 1. The fourth-order valence-corrected chi connectivity index (χ4v) is 2.37. The van der Waals surface area contributed by atoms with Crippen molar-refractivity contribution in [3.63, 3.8) is 0 Å². The Balaban J connectivity index is 2.33. The van der Waals surface area contributed by atoms with Crippen LogP contribution >= 0.6 is 11.6 Å². The van der Waals surface area contributed by atoms with Gasteiger partial charge < -0.3 is 10.7 Å². The molecule has 0 saturated heterocycles. The maximum atomic E-state index is 12.4. The van der Waals surface area contributed by atoms with E-state index in [2.05, 4.69) is 10.3 Å². The zero-order valence-corrected chi connectivity index (χ0v) is 13.7. The van der Waals surface area contributed by atoms with Gasteiger partial charge in [-0.3, -0.25) is 4.79 Å². The molecule has 2 aromatic rings. The molecule has 0 unspecified atom stereocenters. The largest absolute Gasteiger partial charge is 0.321 e. The van der Waals surface area contributed by atoms with E-state index in [1.54, 1.807) is 26.0 Å². The molecule has 0 radical (unpaired) electrons. The third-order valence-corrected chi connectivity index (χ3v) is 3.69.